The van der Waals surface area contributed by atoms with Gasteiger partial charge in [0.15, 0.2) is 0 Å². The van der Waals surface area contributed by atoms with Crippen LogP contribution in [0.25, 0.3) is 0 Å². The number of nitrogens with one attached hydrogen (secondary N) is 1. The lowest BCUT2D eigenvalue weighted by Crippen LogP contribution is -2.30. The quantitative estimate of drug-likeness (QED) is 0.436. The van der Waals surface area contributed by atoms with Crippen LogP contribution >= 0.6 is 0 Å². The summed E-state index contributed by atoms with van der Waals surface area (Å²) in [5.41, 5.74) is 6.26. The SMILES string of the molecule is Cc1ccc(C)c(N(Cc2ccc(C(=O)NC(C)c3ccc(C(C)(C)C)cc3)cc2)S(C)(=O)=O)c1. The number of sulfonamides is 1. The average molecular weight is 493 g/mol. The van der Waals surface area contributed by atoms with E-state index in [2.05, 4.69) is 50.4 Å². The maximum absolute atomic E-state index is 12.8. The van der Waals surface area contributed by atoms with Crippen molar-refractivity contribution in [3.05, 3.63) is 100 Å². The standard InChI is InChI=1S/C29H36N2O3S/c1-20-8-9-21(2)27(18-20)31(35(7,33)34)19-23-10-12-25(13-11-23)28(32)30-22(3)24-14-16-26(17-15-24)29(4,5)6/h8-18,22H,19H2,1-7H3,(H,30,32). The maximum Gasteiger partial charge on any atom is 0.251 e. The predicted octanol–water partition coefficient (Wildman–Crippen LogP) is 6.06. The molecule has 0 fully saturated rings. The highest BCUT2D eigenvalue weighted by Gasteiger charge is 2.20. The summed E-state index contributed by atoms with van der Waals surface area (Å²) in [6.07, 6.45) is 1.21. The molecule has 1 atom stereocenters. The minimum Gasteiger partial charge on any atom is -0.346 e. The lowest BCUT2D eigenvalue weighted by atomic mass is 9.86. The highest BCUT2D eigenvalue weighted by Crippen LogP contribution is 2.27. The van der Waals surface area contributed by atoms with Crippen LogP contribution in [0, 0.1) is 13.8 Å². The van der Waals surface area contributed by atoms with Crippen molar-refractivity contribution in [3.8, 4) is 0 Å². The van der Waals surface area contributed by atoms with Crippen LogP contribution in [0.1, 0.15) is 71.9 Å². The van der Waals surface area contributed by atoms with Gasteiger partial charge in [0.05, 0.1) is 24.5 Å². The molecule has 3 aromatic carbocycles. The van der Waals surface area contributed by atoms with E-state index in [0.29, 0.717) is 11.3 Å². The van der Waals surface area contributed by atoms with Crippen LogP contribution in [0.5, 0.6) is 0 Å². The fourth-order valence-electron chi connectivity index (χ4n) is 3.93. The Morgan fingerprint density at radius 2 is 1.54 bits per heavy atom. The first-order valence-corrected chi connectivity index (χ1v) is 13.7. The van der Waals surface area contributed by atoms with Gasteiger partial charge in [0.1, 0.15) is 0 Å². The molecule has 1 N–H and O–H groups in total. The molecule has 0 aliphatic carbocycles. The number of rotatable bonds is 7. The number of aryl methyl sites for hydroxylation is 2. The van der Waals surface area contributed by atoms with Crippen LogP contribution in [0.15, 0.2) is 66.7 Å². The molecule has 0 saturated heterocycles. The van der Waals surface area contributed by atoms with Gasteiger partial charge in [-0.1, -0.05) is 69.3 Å². The molecule has 0 aliphatic heterocycles. The highest BCUT2D eigenvalue weighted by atomic mass is 32.2. The predicted molar refractivity (Wildman–Crippen MR) is 144 cm³/mol. The lowest BCUT2D eigenvalue weighted by molar-refractivity contribution is 0.0940. The molecule has 0 aromatic heterocycles. The maximum atomic E-state index is 12.8. The summed E-state index contributed by atoms with van der Waals surface area (Å²) in [4.78, 5) is 12.8. The van der Waals surface area contributed by atoms with Crippen molar-refractivity contribution in [1.29, 1.82) is 0 Å². The third-order valence-electron chi connectivity index (χ3n) is 6.20. The first kappa shape index (κ1) is 26.5. The van der Waals surface area contributed by atoms with Gasteiger partial charge in [-0.3, -0.25) is 9.10 Å². The van der Waals surface area contributed by atoms with E-state index in [9.17, 15) is 13.2 Å². The van der Waals surface area contributed by atoms with Crippen molar-refractivity contribution in [2.24, 2.45) is 0 Å². The number of amides is 1. The number of hydrogen-bond donors (Lipinski definition) is 1. The van der Waals surface area contributed by atoms with Crippen molar-refractivity contribution in [2.75, 3.05) is 10.6 Å². The smallest absolute Gasteiger partial charge is 0.251 e. The fourth-order valence-corrected chi connectivity index (χ4v) is 4.87. The molecule has 0 saturated carbocycles. The Morgan fingerprint density at radius 1 is 0.943 bits per heavy atom. The van der Waals surface area contributed by atoms with E-state index in [1.807, 2.05) is 39.0 Å². The molecule has 5 nitrogen and oxygen atoms in total. The molecule has 0 radical (unpaired) electrons. The Hall–Kier alpha value is -3.12. The number of anilines is 1. The number of carbonyl (C=O) groups is 1. The summed E-state index contributed by atoms with van der Waals surface area (Å²) in [5, 5.41) is 3.05. The van der Waals surface area contributed by atoms with Crippen LogP contribution in [0.3, 0.4) is 0 Å². The van der Waals surface area contributed by atoms with Gasteiger partial charge in [0.2, 0.25) is 10.0 Å². The first-order valence-electron chi connectivity index (χ1n) is 11.8. The minimum atomic E-state index is -3.49. The van der Waals surface area contributed by atoms with Gasteiger partial charge in [0.25, 0.3) is 5.91 Å². The molecule has 6 heteroatoms. The zero-order chi connectivity index (χ0) is 26.0. The van der Waals surface area contributed by atoms with Gasteiger partial charge in [-0.2, -0.15) is 0 Å². The Morgan fingerprint density at radius 3 is 2.09 bits per heavy atom. The largest absolute Gasteiger partial charge is 0.346 e. The van der Waals surface area contributed by atoms with Gasteiger partial charge in [-0.15, -0.1) is 0 Å². The summed E-state index contributed by atoms with van der Waals surface area (Å²) >= 11 is 0. The Balaban J connectivity index is 1.73. The third kappa shape index (κ3) is 6.73. The van der Waals surface area contributed by atoms with Crippen LogP contribution < -0.4 is 9.62 Å². The van der Waals surface area contributed by atoms with E-state index < -0.39 is 10.0 Å². The zero-order valence-corrected chi connectivity index (χ0v) is 22.5. The third-order valence-corrected chi connectivity index (χ3v) is 7.33. The number of nitrogens with zero attached hydrogens (tertiary/aromatic N) is 1. The molecule has 0 spiro atoms. The second kappa shape index (κ2) is 10.2. The molecule has 0 bridgehead atoms. The Labute approximate surface area is 210 Å². The summed E-state index contributed by atoms with van der Waals surface area (Å²) < 4.78 is 26.5. The van der Waals surface area contributed by atoms with Gasteiger partial charge >= 0.3 is 0 Å². The summed E-state index contributed by atoms with van der Waals surface area (Å²) in [6, 6.07) is 21.1. The van der Waals surface area contributed by atoms with Gasteiger partial charge in [-0.25, -0.2) is 8.42 Å². The van der Waals surface area contributed by atoms with Crippen molar-refractivity contribution in [3.63, 3.8) is 0 Å². The molecular formula is C29H36N2O3S. The summed E-state index contributed by atoms with van der Waals surface area (Å²) in [7, 11) is -3.49. The fraction of sp³-hybridized carbons (Fsp3) is 0.345. The van der Waals surface area contributed by atoms with E-state index in [1.165, 1.54) is 16.1 Å². The second-order valence-corrected chi connectivity index (χ2v) is 12.2. The molecule has 0 heterocycles. The number of carbonyl (C=O) groups excluding carboxylic acids is 1. The molecule has 1 unspecified atom stereocenters. The van der Waals surface area contributed by atoms with Gasteiger partial charge < -0.3 is 5.32 Å². The molecular weight excluding hydrogens is 456 g/mol. The second-order valence-electron chi connectivity index (χ2n) is 10.3. The van der Waals surface area contributed by atoms with Crippen LogP contribution in [-0.2, 0) is 22.0 Å². The van der Waals surface area contributed by atoms with E-state index >= 15 is 0 Å². The van der Waals surface area contributed by atoms with Crippen molar-refractivity contribution >= 4 is 21.6 Å². The molecule has 1 amide bonds. The van der Waals surface area contributed by atoms with Crippen LogP contribution in [0.2, 0.25) is 0 Å². The Kier molecular flexibility index (Phi) is 7.75. The normalized spacial score (nSPS) is 12.8. The average Bonchev–Trinajstić information content (AvgIpc) is 2.78. The zero-order valence-electron chi connectivity index (χ0n) is 21.7. The molecule has 3 aromatic rings. The van der Waals surface area contributed by atoms with E-state index in [4.69, 9.17) is 0 Å². The van der Waals surface area contributed by atoms with E-state index in [1.54, 1.807) is 24.3 Å². The van der Waals surface area contributed by atoms with Gasteiger partial charge in [-0.05, 0) is 72.2 Å². The van der Waals surface area contributed by atoms with Gasteiger partial charge in [0, 0.05) is 5.56 Å². The van der Waals surface area contributed by atoms with E-state index in [0.717, 1.165) is 22.3 Å². The van der Waals surface area contributed by atoms with Crippen molar-refractivity contribution < 1.29 is 13.2 Å². The highest BCUT2D eigenvalue weighted by molar-refractivity contribution is 7.92. The van der Waals surface area contributed by atoms with Crippen LogP contribution in [0.4, 0.5) is 5.69 Å². The molecule has 0 aliphatic rings. The molecule has 186 valence electrons. The lowest BCUT2D eigenvalue weighted by Gasteiger charge is -2.25. The van der Waals surface area contributed by atoms with Crippen molar-refractivity contribution in [2.45, 2.75) is 59.5 Å². The van der Waals surface area contributed by atoms with E-state index in [-0.39, 0.29) is 23.9 Å². The monoisotopic (exact) mass is 492 g/mol. The minimum absolute atomic E-state index is 0.0808. The first-order chi connectivity index (χ1) is 16.3. The topological polar surface area (TPSA) is 66.5 Å². The van der Waals surface area contributed by atoms with Crippen LogP contribution in [-0.4, -0.2) is 20.6 Å². The van der Waals surface area contributed by atoms with Crippen molar-refractivity contribution in [1.82, 2.24) is 5.32 Å². The Bertz CT molecular complexity index is 1290. The number of hydrogen-bond acceptors (Lipinski definition) is 3. The molecule has 35 heavy (non-hydrogen) atoms. The summed E-state index contributed by atoms with van der Waals surface area (Å²) in [6.45, 7) is 12.5. The number of benzene rings is 3. The summed E-state index contributed by atoms with van der Waals surface area (Å²) in [5.74, 6) is -0.168. The molecule has 3 rings (SSSR count).